The zero-order valence-electron chi connectivity index (χ0n) is 8.94. The molecule has 2 unspecified atom stereocenters. The third kappa shape index (κ3) is 2.04. The molecule has 2 heteroatoms. The van der Waals surface area contributed by atoms with Gasteiger partial charge in [0, 0.05) is 0 Å². The molecule has 0 amide bonds. The number of carbonyl (C=O) groups is 1. The molecule has 2 rings (SSSR count). The van der Waals surface area contributed by atoms with E-state index >= 15 is 0 Å². The van der Waals surface area contributed by atoms with Crippen LogP contribution in [0.2, 0.25) is 0 Å². The van der Waals surface area contributed by atoms with E-state index in [9.17, 15) is 4.79 Å². The fraction of sp³-hybridized carbons (Fsp3) is 0.462. The lowest BCUT2D eigenvalue weighted by molar-refractivity contribution is -0.142. The van der Waals surface area contributed by atoms with Gasteiger partial charge in [-0.2, -0.15) is 0 Å². The fourth-order valence-electron chi connectivity index (χ4n) is 2.47. The van der Waals surface area contributed by atoms with Crippen LogP contribution in [-0.4, -0.2) is 11.1 Å². The molecule has 15 heavy (non-hydrogen) atoms. The second kappa shape index (κ2) is 4.05. The molecule has 2 nitrogen and oxygen atoms in total. The van der Waals surface area contributed by atoms with Gasteiger partial charge in [-0.3, -0.25) is 4.79 Å². The number of hydrogen-bond donors (Lipinski definition) is 1. The molecule has 1 aromatic carbocycles. The SMILES string of the molecule is Cc1ccc(C2CCCC2C(=O)O)cc1. The fourth-order valence-corrected chi connectivity index (χ4v) is 2.47. The highest BCUT2D eigenvalue weighted by Crippen LogP contribution is 2.39. The van der Waals surface area contributed by atoms with E-state index in [0.717, 1.165) is 19.3 Å². The van der Waals surface area contributed by atoms with Crippen LogP contribution in [0.1, 0.15) is 36.3 Å². The maximum absolute atomic E-state index is 11.1. The van der Waals surface area contributed by atoms with Gasteiger partial charge in [-0.05, 0) is 31.2 Å². The minimum Gasteiger partial charge on any atom is -0.481 e. The van der Waals surface area contributed by atoms with Crippen LogP contribution >= 0.6 is 0 Å². The molecule has 1 aliphatic rings. The third-order valence-corrected chi connectivity index (χ3v) is 3.34. The molecule has 0 bridgehead atoms. The molecule has 0 heterocycles. The Morgan fingerprint density at radius 3 is 2.53 bits per heavy atom. The van der Waals surface area contributed by atoms with Crippen molar-refractivity contribution in [2.24, 2.45) is 5.92 Å². The molecule has 0 radical (unpaired) electrons. The Labute approximate surface area is 89.9 Å². The Kier molecular flexibility index (Phi) is 2.76. The van der Waals surface area contributed by atoms with Gasteiger partial charge in [-0.15, -0.1) is 0 Å². The summed E-state index contributed by atoms with van der Waals surface area (Å²) in [7, 11) is 0. The van der Waals surface area contributed by atoms with Gasteiger partial charge in [0.05, 0.1) is 5.92 Å². The van der Waals surface area contributed by atoms with Crippen LogP contribution in [-0.2, 0) is 4.79 Å². The number of aryl methyl sites for hydroxylation is 1. The average molecular weight is 204 g/mol. The zero-order valence-corrected chi connectivity index (χ0v) is 8.94. The van der Waals surface area contributed by atoms with Crippen molar-refractivity contribution in [3.8, 4) is 0 Å². The van der Waals surface area contributed by atoms with E-state index in [2.05, 4.69) is 24.3 Å². The van der Waals surface area contributed by atoms with Crippen LogP contribution < -0.4 is 0 Å². The molecule has 1 N–H and O–H groups in total. The summed E-state index contributed by atoms with van der Waals surface area (Å²) in [6, 6.07) is 8.27. The largest absolute Gasteiger partial charge is 0.481 e. The summed E-state index contributed by atoms with van der Waals surface area (Å²) in [5.74, 6) is -0.589. The van der Waals surface area contributed by atoms with E-state index in [0.29, 0.717) is 0 Å². The smallest absolute Gasteiger partial charge is 0.307 e. The third-order valence-electron chi connectivity index (χ3n) is 3.34. The molecule has 1 fully saturated rings. The average Bonchev–Trinajstić information content (AvgIpc) is 2.67. The Morgan fingerprint density at radius 1 is 1.27 bits per heavy atom. The minimum atomic E-state index is -0.641. The van der Waals surface area contributed by atoms with E-state index in [1.165, 1.54) is 11.1 Å². The first-order valence-corrected chi connectivity index (χ1v) is 5.48. The number of rotatable bonds is 2. The highest BCUT2D eigenvalue weighted by molar-refractivity contribution is 5.71. The number of aliphatic carboxylic acids is 1. The van der Waals surface area contributed by atoms with Crippen LogP contribution in [0.15, 0.2) is 24.3 Å². The van der Waals surface area contributed by atoms with Gasteiger partial charge >= 0.3 is 5.97 Å². The lowest BCUT2D eigenvalue weighted by Gasteiger charge is -2.16. The van der Waals surface area contributed by atoms with Crippen molar-refractivity contribution in [1.29, 1.82) is 0 Å². The van der Waals surface area contributed by atoms with Crippen molar-refractivity contribution < 1.29 is 9.90 Å². The molecule has 1 aliphatic carbocycles. The first-order chi connectivity index (χ1) is 7.18. The molecule has 80 valence electrons. The predicted molar refractivity (Wildman–Crippen MR) is 58.9 cm³/mol. The molecule has 2 atom stereocenters. The minimum absolute atomic E-state index is 0.173. The first-order valence-electron chi connectivity index (χ1n) is 5.48. The van der Waals surface area contributed by atoms with Crippen LogP contribution in [0, 0.1) is 12.8 Å². The molecule has 0 spiro atoms. The molecular formula is C13H16O2. The van der Waals surface area contributed by atoms with Crippen molar-refractivity contribution >= 4 is 5.97 Å². The van der Waals surface area contributed by atoms with E-state index in [1.54, 1.807) is 0 Å². The lowest BCUT2D eigenvalue weighted by Crippen LogP contribution is -2.16. The van der Waals surface area contributed by atoms with Gasteiger partial charge in [-0.25, -0.2) is 0 Å². The van der Waals surface area contributed by atoms with Crippen molar-refractivity contribution in [2.75, 3.05) is 0 Å². The van der Waals surface area contributed by atoms with Gasteiger partial charge in [0.1, 0.15) is 0 Å². The number of benzene rings is 1. The van der Waals surface area contributed by atoms with Gasteiger partial charge < -0.3 is 5.11 Å². The van der Waals surface area contributed by atoms with E-state index in [-0.39, 0.29) is 11.8 Å². The Balaban J connectivity index is 2.22. The van der Waals surface area contributed by atoms with Crippen LogP contribution in [0.5, 0.6) is 0 Å². The molecule has 1 aromatic rings. The monoisotopic (exact) mass is 204 g/mol. The zero-order chi connectivity index (χ0) is 10.8. The van der Waals surface area contributed by atoms with Crippen LogP contribution in [0.4, 0.5) is 0 Å². The molecule has 0 aliphatic heterocycles. The summed E-state index contributed by atoms with van der Waals surface area (Å²) in [6.07, 6.45) is 2.88. The van der Waals surface area contributed by atoms with Gasteiger partial charge in [-0.1, -0.05) is 36.2 Å². The van der Waals surface area contributed by atoms with Crippen molar-refractivity contribution in [3.63, 3.8) is 0 Å². The van der Waals surface area contributed by atoms with E-state index in [1.807, 2.05) is 6.92 Å². The summed E-state index contributed by atoms with van der Waals surface area (Å²) >= 11 is 0. The van der Waals surface area contributed by atoms with Crippen LogP contribution in [0.3, 0.4) is 0 Å². The quantitative estimate of drug-likeness (QED) is 0.804. The second-order valence-corrected chi connectivity index (χ2v) is 4.39. The number of carboxylic acid groups (broad SMARTS) is 1. The van der Waals surface area contributed by atoms with Crippen molar-refractivity contribution in [1.82, 2.24) is 0 Å². The van der Waals surface area contributed by atoms with Crippen molar-refractivity contribution in [3.05, 3.63) is 35.4 Å². The summed E-state index contributed by atoms with van der Waals surface area (Å²) in [5, 5.41) is 9.10. The Hall–Kier alpha value is -1.31. The first kappa shape index (κ1) is 10.2. The Morgan fingerprint density at radius 2 is 1.93 bits per heavy atom. The topological polar surface area (TPSA) is 37.3 Å². The lowest BCUT2D eigenvalue weighted by atomic mass is 9.89. The molecular weight excluding hydrogens is 188 g/mol. The van der Waals surface area contributed by atoms with Gasteiger partial charge in [0.15, 0.2) is 0 Å². The predicted octanol–water partition coefficient (Wildman–Crippen LogP) is 2.96. The summed E-state index contributed by atoms with van der Waals surface area (Å²) < 4.78 is 0. The second-order valence-electron chi connectivity index (χ2n) is 4.39. The highest BCUT2D eigenvalue weighted by atomic mass is 16.4. The van der Waals surface area contributed by atoms with Crippen molar-refractivity contribution in [2.45, 2.75) is 32.1 Å². The summed E-state index contributed by atoms with van der Waals surface area (Å²) in [4.78, 5) is 11.1. The Bertz CT molecular complexity index is 353. The maximum atomic E-state index is 11.1. The molecule has 0 saturated heterocycles. The number of hydrogen-bond acceptors (Lipinski definition) is 1. The van der Waals surface area contributed by atoms with Gasteiger partial charge in [0.2, 0.25) is 0 Å². The maximum Gasteiger partial charge on any atom is 0.307 e. The summed E-state index contributed by atoms with van der Waals surface area (Å²) in [6.45, 7) is 2.05. The van der Waals surface area contributed by atoms with E-state index < -0.39 is 5.97 Å². The summed E-state index contributed by atoms with van der Waals surface area (Å²) in [5.41, 5.74) is 2.41. The van der Waals surface area contributed by atoms with Crippen LogP contribution in [0.25, 0.3) is 0 Å². The molecule has 1 saturated carbocycles. The van der Waals surface area contributed by atoms with Gasteiger partial charge in [0.25, 0.3) is 0 Å². The highest BCUT2D eigenvalue weighted by Gasteiger charge is 2.33. The standard InChI is InChI=1S/C13H16O2/c1-9-5-7-10(8-6-9)11-3-2-4-12(11)13(14)15/h5-8,11-12H,2-4H2,1H3,(H,14,15). The normalized spacial score (nSPS) is 25.4. The number of carboxylic acids is 1. The van der Waals surface area contributed by atoms with E-state index in [4.69, 9.17) is 5.11 Å². The molecule has 0 aromatic heterocycles.